The van der Waals surface area contributed by atoms with Crippen molar-refractivity contribution in [3.8, 4) is 0 Å². The van der Waals surface area contributed by atoms with Gasteiger partial charge in [-0.15, -0.1) is 11.3 Å². The first-order valence-electron chi connectivity index (χ1n) is 11.2. The van der Waals surface area contributed by atoms with Crippen molar-refractivity contribution in [1.29, 1.82) is 0 Å². The lowest BCUT2D eigenvalue weighted by Gasteiger charge is -2.31. The molecule has 0 bridgehead atoms. The van der Waals surface area contributed by atoms with E-state index in [-0.39, 0.29) is 23.9 Å². The van der Waals surface area contributed by atoms with Gasteiger partial charge in [0.25, 0.3) is 5.91 Å². The molecule has 1 saturated heterocycles. The number of nitrogens with zero attached hydrogens (tertiary/aromatic N) is 1. The van der Waals surface area contributed by atoms with Crippen molar-refractivity contribution in [1.82, 2.24) is 10.2 Å². The molecule has 176 valence electrons. The molecule has 1 fully saturated rings. The number of para-hydroxylation sites is 2. The van der Waals surface area contributed by atoms with Crippen LogP contribution in [0.25, 0.3) is 0 Å². The Morgan fingerprint density at radius 1 is 0.794 bits per heavy atom. The van der Waals surface area contributed by atoms with Crippen LogP contribution in [0.3, 0.4) is 0 Å². The molecule has 0 unspecified atom stereocenters. The van der Waals surface area contributed by atoms with Crippen LogP contribution in [0.4, 0.5) is 21.2 Å². The zero-order valence-corrected chi connectivity index (χ0v) is 19.4. The maximum absolute atomic E-state index is 12.7. The zero-order chi connectivity index (χ0) is 23.8. The van der Waals surface area contributed by atoms with Crippen molar-refractivity contribution in [2.45, 2.75) is 18.9 Å². The van der Waals surface area contributed by atoms with Gasteiger partial charge < -0.3 is 16.0 Å². The lowest BCUT2D eigenvalue weighted by atomic mass is 10.0. The van der Waals surface area contributed by atoms with E-state index in [4.69, 9.17) is 0 Å². The summed E-state index contributed by atoms with van der Waals surface area (Å²) in [5.41, 5.74) is 1.48. The van der Waals surface area contributed by atoms with Crippen LogP contribution in [-0.2, 0) is 4.79 Å². The summed E-state index contributed by atoms with van der Waals surface area (Å²) < 4.78 is 0. The van der Waals surface area contributed by atoms with E-state index < -0.39 is 0 Å². The number of hydrogen-bond donors (Lipinski definition) is 4. The largest absolute Gasteiger partial charge is 0.349 e. The van der Waals surface area contributed by atoms with Crippen molar-refractivity contribution >= 4 is 45.6 Å². The SMILES string of the molecule is O=C(CN1CCC(NC(=O)c2ccc(NC(=O)Nc3ccccc3)s2)CC1)Nc1ccccc1. The number of likely N-dealkylation sites (tertiary alicyclic amines) is 1. The van der Waals surface area contributed by atoms with Gasteiger partial charge in [-0.05, 0) is 49.2 Å². The van der Waals surface area contributed by atoms with Gasteiger partial charge in [0.15, 0.2) is 0 Å². The first kappa shape index (κ1) is 23.5. The Labute approximate surface area is 202 Å². The summed E-state index contributed by atoms with van der Waals surface area (Å²) in [5, 5.41) is 12.1. The highest BCUT2D eigenvalue weighted by Gasteiger charge is 2.23. The fourth-order valence-electron chi connectivity index (χ4n) is 3.74. The summed E-state index contributed by atoms with van der Waals surface area (Å²) in [6.07, 6.45) is 1.56. The van der Waals surface area contributed by atoms with E-state index in [0.29, 0.717) is 22.1 Å². The Hall–Kier alpha value is -3.69. The number of rotatable bonds is 7. The molecule has 0 aliphatic carbocycles. The van der Waals surface area contributed by atoms with E-state index in [1.807, 2.05) is 48.5 Å². The molecular formula is C25H27N5O3S. The van der Waals surface area contributed by atoms with Gasteiger partial charge in [-0.1, -0.05) is 36.4 Å². The Bertz CT molecular complexity index is 1110. The summed E-state index contributed by atoms with van der Waals surface area (Å²) in [7, 11) is 0. The van der Waals surface area contributed by atoms with E-state index in [1.54, 1.807) is 24.3 Å². The number of carbonyl (C=O) groups is 3. The van der Waals surface area contributed by atoms with Crippen molar-refractivity contribution < 1.29 is 14.4 Å². The van der Waals surface area contributed by atoms with Crippen LogP contribution in [0.2, 0.25) is 0 Å². The third-order valence-corrected chi connectivity index (χ3v) is 6.45. The molecule has 8 nitrogen and oxygen atoms in total. The predicted octanol–water partition coefficient (Wildman–Crippen LogP) is 4.23. The molecular weight excluding hydrogens is 450 g/mol. The number of hydrogen-bond acceptors (Lipinski definition) is 5. The van der Waals surface area contributed by atoms with Gasteiger partial charge in [0.05, 0.1) is 16.4 Å². The molecule has 0 radical (unpaired) electrons. The summed E-state index contributed by atoms with van der Waals surface area (Å²) in [6.45, 7) is 1.81. The monoisotopic (exact) mass is 477 g/mol. The normalized spacial score (nSPS) is 14.2. The van der Waals surface area contributed by atoms with E-state index in [9.17, 15) is 14.4 Å². The average Bonchev–Trinajstić information content (AvgIpc) is 3.30. The quantitative estimate of drug-likeness (QED) is 0.409. The second-order valence-electron chi connectivity index (χ2n) is 8.05. The molecule has 0 spiro atoms. The number of urea groups is 1. The third kappa shape index (κ3) is 6.90. The molecule has 9 heteroatoms. The molecule has 3 aromatic rings. The fraction of sp³-hybridized carbons (Fsp3) is 0.240. The summed E-state index contributed by atoms with van der Waals surface area (Å²) in [6, 6.07) is 21.7. The second-order valence-corrected chi connectivity index (χ2v) is 9.13. The minimum absolute atomic E-state index is 0.0383. The van der Waals surface area contributed by atoms with Gasteiger partial charge in [0.1, 0.15) is 0 Å². The van der Waals surface area contributed by atoms with Gasteiger partial charge in [-0.3, -0.25) is 19.8 Å². The van der Waals surface area contributed by atoms with E-state index in [0.717, 1.165) is 31.6 Å². The van der Waals surface area contributed by atoms with Crippen LogP contribution in [-0.4, -0.2) is 48.4 Å². The maximum Gasteiger partial charge on any atom is 0.324 e. The Morgan fingerprint density at radius 3 is 2.06 bits per heavy atom. The standard InChI is InChI=1S/C25H27N5O3S/c31-22(26-18-7-3-1-4-8-18)17-30-15-13-20(14-16-30)27-24(32)21-11-12-23(34-21)29-25(33)28-19-9-5-2-6-10-19/h1-12,20H,13-17H2,(H,26,31)(H,27,32)(H2,28,29,33). The molecule has 4 N–H and O–H groups in total. The Morgan fingerprint density at radius 2 is 1.41 bits per heavy atom. The van der Waals surface area contributed by atoms with Crippen molar-refractivity contribution in [2.75, 3.05) is 35.6 Å². The number of anilines is 3. The number of benzene rings is 2. The fourth-order valence-corrected chi connectivity index (χ4v) is 4.54. The van der Waals surface area contributed by atoms with Crippen LogP contribution in [0.5, 0.6) is 0 Å². The van der Waals surface area contributed by atoms with Gasteiger partial charge in [-0.25, -0.2) is 4.79 Å². The van der Waals surface area contributed by atoms with Crippen LogP contribution >= 0.6 is 11.3 Å². The van der Waals surface area contributed by atoms with E-state index >= 15 is 0 Å². The molecule has 4 amide bonds. The molecule has 34 heavy (non-hydrogen) atoms. The first-order chi connectivity index (χ1) is 16.5. The molecule has 0 saturated carbocycles. The van der Waals surface area contributed by atoms with E-state index in [1.165, 1.54) is 11.3 Å². The number of nitrogens with one attached hydrogen (secondary N) is 4. The van der Waals surface area contributed by atoms with Crippen LogP contribution in [0, 0.1) is 0 Å². The minimum Gasteiger partial charge on any atom is -0.349 e. The number of thiophene rings is 1. The third-order valence-electron chi connectivity index (χ3n) is 5.45. The van der Waals surface area contributed by atoms with E-state index in [2.05, 4.69) is 26.2 Å². The van der Waals surface area contributed by atoms with Gasteiger partial charge in [0.2, 0.25) is 5.91 Å². The molecule has 2 aromatic carbocycles. The molecule has 0 atom stereocenters. The summed E-state index contributed by atoms with van der Waals surface area (Å²) in [4.78, 5) is 39.7. The predicted molar refractivity (Wildman–Crippen MR) is 135 cm³/mol. The highest BCUT2D eigenvalue weighted by atomic mass is 32.1. The lowest BCUT2D eigenvalue weighted by molar-refractivity contribution is -0.117. The minimum atomic E-state index is -0.358. The van der Waals surface area contributed by atoms with Gasteiger partial charge in [-0.2, -0.15) is 0 Å². The average molecular weight is 478 g/mol. The van der Waals surface area contributed by atoms with Crippen molar-refractivity contribution in [3.63, 3.8) is 0 Å². The van der Waals surface area contributed by atoms with Crippen LogP contribution < -0.4 is 21.3 Å². The highest BCUT2D eigenvalue weighted by Crippen LogP contribution is 2.23. The lowest BCUT2D eigenvalue weighted by Crippen LogP contribution is -2.46. The number of amides is 4. The number of piperidine rings is 1. The maximum atomic E-state index is 12.7. The zero-order valence-electron chi connectivity index (χ0n) is 18.6. The molecule has 4 rings (SSSR count). The number of carbonyl (C=O) groups excluding carboxylic acids is 3. The van der Waals surface area contributed by atoms with Crippen molar-refractivity contribution in [2.24, 2.45) is 0 Å². The molecule has 1 aliphatic rings. The highest BCUT2D eigenvalue weighted by molar-refractivity contribution is 7.18. The molecule has 1 aliphatic heterocycles. The summed E-state index contributed by atoms with van der Waals surface area (Å²) >= 11 is 1.23. The Balaban J connectivity index is 1.19. The first-order valence-corrected chi connectivity index (χ1v) is 12.0. The van der Waals surface area contributed by atoms with Gasteiger partial charge >= 0.3 is 6.03 Å². The Kier molecular flexibility index (Phi) is 7.90. The smallest absolute Gasteiger partial charge is 0.324 e. The van der Waals surface area contributed by atoms with Crippen LogP contribution in [0.1, 0.15) is 22.5 Å². The van der Waals surface area contributed by atoms with Crippen molar-refractivity contribution in [3.05, 3.63) is 77.7 Å². The van der Waals surface area contributed by atoms with Crippen LogP contribution in [0.15, 0.2) is 72.8 Å². The van der Waals surface area contributed by atoms with Gasteiger partial charge in [0, 0.05) is 30.5 Å². The molecule has 1 aromatic heterocycles. The topological polar surface area (TPSA) is 103 Å². The second kappa shape index (κ2) is 11.4. The summed E-state index contributed by atoms with van der Waals surface area (Å²) in [5.74, 6) is -0.189. The molecule has 2 heterocycles.